The number of ketones is 1. The SMILES string of the molecule is COc1cc(C(C)=O)ccc1OCCCN(C)C.Cl. The highest BCUT2D eigenvalue weighted by Gasteiger charge is 2.08. The standard InChI is InChI=1S/C14H21NO3.ClH/c1-11(16)12-6-7-13(14(10-12)17-4)18-9-5-8-15(2)3;/h6-7,10H,5,8-9H2,1-4H3;1H. The van der Waals surface area contributed by atoms with E-state index in [4.69, 9.17) is 9.47 Å². The molecule has 0 heterocycles. The molecule has 0 aliphatic heterocycles. The molecule has 0 unspecified atom stereocenters. The second-order valence-electron chi connectivity index (χ2n) is 4.43. The van der Waals surface area contributed by atoms with E-state index in [0.29, 0.717) is 23.7 Å². The number of hydrogen-bond donors (Lipinski definition) is 0. The van der Waals surface area contributed by atoms with Gasteiger partial charge in [-0.05, 0) is 45.6 Å². The first-order valence-electron chi connectivity index (χ1n) is 6.01. The lowest BCUT2D eigenvalue weighted by Crippen LogP contribution is -2.15. The van der Waals surface area contributed by atoms with Crippen LogP contribution in [0.3, 0.4) is 0 Å². The molecular weight excluding hydrogens is 266 g/mol. The Morgan fingerprint density at radius 1 is 1.26 bits per heavy atom. The van der Waals surface area contributed by atoms with Crippen molar-refractivity contribution in [1.29, 1.82) is 0 Å². The van der Waals surface area contributed by atoms with Crippen LogP contribution in [0.2, 0.25) is 0 Å². The summed E-state index contributed by atoms with van der Waals surface area (Å²) in [6, 6.07) is 5.25. The Labute approximate surface area is 121 Å². The van der Waals surface area contributed by atoms with Crippen LogP contribution in [0.1, 0.15) is 23.7 Å². The Bertz CT molecular complexity index is 408. The normalized spacial score (nSPS) is 9.95. The Morgan fingerprint density at radius 2 is 1.95 bits per heavy atom. The molecule has 4 nitrogen and oxygen atoms in total. The van der Waals surface area contributed by atoms with Crippen LogP contribution in [-0.4, -0.2) is 45.0 Å². The highest BCUT2D eigenvalue weighted by molar-refractivity contribution is 5.94. The first kappa shape index (κ1) is 17.7. The summed E-state index contributed by atoms with van der Waals surface area (Å²) in [7, 11) is 5.64. The lowest BCUT2D eigenvalue weighted by Gasteiger charge is -2.13. The molecule has 0 saturated carbocycles. The predicted octanol–water partition coefficient (Wildman–Crippen LogP) is 2.65. The quantitative estimate of drug-likeness (QED) is 0.571. The first-order valence-corrected chi connectivity index (χ1v) is 6.01. The Balaban J connectivity index is 0.00000324. The third kappa shape index (κ3) is 5.94. The van der Waals surface area contributed by atoms with Crippen LogP contribution >= 0.6 is 12.4 Å². The van der Waals surface area contributed by atoms with Crippen LogP contribution in [0.5, 0.6) is 11.5 Å². The molecule has 0 saturated heterocycles. The largest absolute Gasteiger partial charge is 0.493 e. The molecule has 0 bridgehead atoms. The van der Waals surface area contributed by atoms with E-state index in [2.05, 4.69) is 4.90 Å². The molecule has 1 aromatic carbocycles. The van der Waals surface area contributed by atoms with E-state index in [0.717, 1.165) is 13.0 Å². The second-order valence-corrected chi connectivity index (χ2v) is 4.43. The average molecular weight is 288 g/mol. The van der Waals surface area contributed by atoms with Crippen molar-refractivity contribution in [3.63, 3.8) is 0 Å². The van der Waals surface area contributed by atoms with Crippen molar-refractivity contribution >= 4 is 18.2 Å². The molecule has 0 aliphatic carbocycles. The van der Waals surface area contributed by atoms with Gasteiger partial charge >= 0.3 is 0 Å². The van der Waals surface area contributed by atoms with Gasteiger partial charge in [-0.15, -0.1) is 12.4 Å². The van der Waals surface area contributed by atoms with Crippen LogP contribution in [-0.2, 0) is 0 Å². The number of nitrogens with zero attached hydrogens (tertiary/aromatic N) is 1. The fourth-order valence-corrected chi connectivity index (χ4v) is 1.57. The number of methoxy groups -OCH3 is 1. The third-order valence-electron chi connectivity index (χ3n) is 2.58. The lowest BCUT2D eigenvalue weighted by atomic mass is 10.1. The molecule has 5 heteroatoms. The Morgan fingerprint density at radius 3 is 2.47 bits per heavy atom. The zero-order valence-corrected chi connectivity index (χ0v) is 12.8. The zero-order valence-electron chi connectivity index (χ0n) is 11.9. The van der Waals surface area contributed by atoms with E-state index >= 15 is 0 Å². The number of Topliss-reactive ketones (excluding diaryl/α,β-unsaturated/α-hetero) is 1. The van der Waals surface area contributed by atoms with Gasteiger partial charge in [0.1, 0.15) is 0 Å². The minimum Gasteiger partial charge on any atom is -0.493 e. The molecule has 0 fully saturated rings. The van der Waals surface area contributed by atoms with Gasteiger partial charge in [-0.25, -0.2) is 0 Å². The van der Waals surface area contributed by atoms with Gasteiger partial charge in [0.05, 0.1) is 13.7 Å². The molecule has 0 aromatic heterocycles. The molecule has 0 spiro atoms. The fraction of sp³-hybridized carbons (Fsp3) is 0.500. The zero-order chi connectivity index (χ0) is 13.5. The average Bonchev–Trinajstić information content (AvgIpc) is 2.34. The van der Waals surface area contributed by atoms with E-state index in [-0.39, 0.29) is 18.2 Å². The van der Waals surface area contributed by atoms with E-state index in [1.165, 1.54) is 6.92 Å². The Kier molecular flexibility index (Phi) is 8.19. The molecule has 0 aliphatic rings. The molecule has 0 N–H and O–H groups in total. The van der Waals surface area contributed by atoms with Crippen LogP contribution in [0, 0.1) is 0 Å². The molecule has 0 atom stereocenters. The number of rotatable bonds is 7. The summed E-state index contributed by atoms with van der Waals surface area (Å²) in [5.74, 6) is 1.31. The summed E-state index contributed by atoms with van der Waals surface area (Å²) in [6.07, 6.45) is 0.949. The minimum atomic E-state index is 0. The molecule has 1 rings (SSSR count). The summed E-state index contributed by atoms with van der Waals surface area (Å²) in [5, 5.41) is 0. The monoisotopic (exact) mass is 287 g/mol. The van der Waals surface area contributed by atoms with Crippen molar-refractivity contribution < 1.29 is 14.3 Å². The van der Waals surface area contributed by atoms with Gasteiger partial charge in [0.25, 0.3) is 0 Å². The van der Waals surface area contributed by atoms with Crippen molar-refractivity contribution in [3.8, 4) is 11.5 Å². The number of halogens is 1. The van der Waals surface area contributed by atoms with Gasteiger partial charge in [-0.3, -0.25) is 4.79 Å². The maximum Gasteiger partial charge on any atom is 0.161 e. The van der Waals surface area contributed by atoms with Gasteiger partial charge in [0.2, 0.25) is 0 Å². The molecule has 108 valence electrons. The molecule has 0 amide bonds. The molecule has 19 heavy (non-hydrogen) atoms. The summed E-state index contributed by atoms with van der Waals surface area (Å²) < 4.78 is 10.9. The Hall–Kier alpha value is -1.26. The molecule has 0 radical (unpaired) electrons. The van der Waals surface area contributed by atoms with E-state index in [1.54, 1.807) is 25.3 Å². The molecule has 1 aromatic rings. The van der Waals surface area contributed by atoms with E-state index in [9.17, 15) is 4.79 Å². The van der Waals surface area contributed by atoms with Crippen LogP contribution in [0.25, 0.3) is 0 Å². The van der Waals surface area contributed by atoms with Gasteiger partial charge in [-0.1, -0.05) is 0 Å². The van der Waals surface area contributed by atoms with Crippen molar-refractivity contribution in [2.24, 2.45) is 0 Å². The van der Waals surface area contributed by atoms with Crippen LogP contribution in [0.15, 0.2) is 18.2 Å². The van der Waals surface area contributed by atoms with Gasteiger partial charge in [0.15, 0.2) is 17.3 Å². The number of carbonyl (C=O) groups excluding carboxylic acids is 1. The third-order valence-corrected chi connectivity index (χ3v) is 2.58. The predicted molar refractivity (Wildman–Crippen MR) is 78.9 cm³/mol. The fourth-order valence-electron chi connectivity index (χ4n) is 1.57. The van der Waals surface area contributed by atoms with E-state index < -0.39 is 0 Å². The maximum absolute atomic E-state index is 11.3. The highest BCUT2D eigenvalue weighted by atomic mass is 35.5. The van der Waals surface area contributed by atoms with E-state index in [1.807, 2.05) is 14.1 Å². The topological polar surface area (TPSA) is 38.8 Å². The molecular formula is C14H22ClNO3. The van der Waals surface area contributed by atoms with Gasteiger partial charge in [-0.2, -0.15) is 0 Å². The van der Waals surface area contributed by atoms with Gasteiger partial charge < -0.3 is 14.4 Å². The lowest BCUT2D eigenvalue weighted by molar-refractivity contribution is 0.101. The minimum absolute atomic E-state index is 0. The summed E-state index contributed by atoms with van der Waals surface area (Å²) in [5.41, 5.74) is 0.632. The number of benzene rings is 1. The maximum atomic E-state index is 11.3. The summed E-state index contributed by atoms with van der Waals surface area (Å²) >= 11 is 0. The van der Waals surface area contributed by atoms with Crippen molar-refractivity contribution in [1.82, 2.24) is 4.90 Å². The van der Waals surface area contributed by atoms with Gasteiger partial charge in [0, 0.05) is 12.1 Å². The van der Waals surface area contributed by atoms with Crippen molar-refractivity contribution in [2.45, 2.75) is 13.3 Å². The van der Waals surface area contributed by atoms with Crippen LogP contribution in [0.4, 0.5) is 0 Å². The second kappa shape index (κ2) is 8.77. The van der Waals surface area contributed by atoms with Crippen molar-refractivity contribution in [3.05, 3.63) is 23.8 Å². The smallest absolute Gasteiger partial charge is 0.161 e. The first-order chi connectivity index (χ1) is 8.54. The van der Waals surface area contributed by atoms with Crippen molar-refractivity contribution in [2.75, 3.05) is 34.4 Å². The summed E-state index contributed by atoms with van der Waals surface area (Å²) in [4.78, 5) is 13.4. The number of ether oxygens (including phenoxy) is 2. The number of carbonyl (C=O) groups is 1. The van der Waals surface area contributed by atoms with Crippen LogP contribution < -0.4 is 9.47 Å². The number of hydrogen-bond acceptors (Lipinski definition) is 4. The summed E-state index contributed by atoms with van der Waals surface area (Å²) in [6.45, 7) is 3.15. The highest BCUT2D eigenvalue weighted by Crippen LogP contribution is 2.28.